The Balaban J connectivity index is 2.20. The highest BCUT2D eigenvalue weighted by Gasteiger charge is 2.41. The molecule has 0 bridgehead atoms. The van der Waals surface area contributed by atoms with Crippen molar-refractivity contribution in [1.82, 2.24) is 19.7 Å². The Hall–Kier alpha value is -2.19. The van der Waals surface area contributed by atoms with Gasteiger partial charge in [0, 0.05) is 12.4 Å². The fourth-order valence-electron chi connectivity index (χ4n) is 1.36. The number of anilines is 1. The molecule has 2 aromatic rings. The van der Waals surface area contributed by atoms with Crippen LogP contribution in [0.15, 0.2) is 24.7 Å². The second kappa shape index (κ2) is 4.82. The van der Waals surface area contributed by atoms with Crippen LogP contribution in [0, 0.1) is 0 Å². The van der Waals surface area contributed by atoms with E-state index in [1.54, 1.807) is 0 Å². The Morgan fingerprint density at radius 1 is 1.37 bits per heavy atom. The third-order valence-corrected chi connectivity index (χ3v) is 2.26. The molecule has 0 radical (unpaired) electrons. The second-order valence-corrected chi connectivity index (χ2v) is 3.79. The molecular formula is C10H9F4N5. The lowest BCUT2D eigenvalue weighted by molar-refractivity contribution is -0.139. The minimum absolute atomic E-state index is 0.187. The molecule has 0 amide bonds. The van der Waals surface area contributed by atoms with Gasteiger partial charge in [0.1, 0.15) is 12.4 Å². The van der Waals surface area contributed by atoms with Gasteiger partial charge in [-0.3, -0.25) is 4.68 Å². The van der Waals surface area contributed by atoms with E-state index in [2.05, 4.69) is 15.1 Å². The third-order valence-electron chi connectivity index (χ3n) is 2.26. The van der Waals surface area contributed by atoms with Crippen LogP contribution in [0.5, 0.6) is 0 Å². The standard InChI is InChI=1S/C10H9F4N5/c11-9(12)10(13,14)5-19-4-6(3-17-19)8-16-2-1-7(15)18-8/h1-4,9H,5H2,(H2,15,16,18). The molecule has 2 rings (SSSR count). The summed E-state index contributed by atoms with van der Waals surface area (Å²) in [6, 6.07) is 1.46. The van der Waals surface area contributed by atoms with Crippen molar-refractivity contribution in [3.63, 3.8) is 0 Å². The van der Waals surface area contributed by atoms with Crippen molar-refractivity contribution in [1.29, 1.82) is 0 Å². The van der Waals surface area contributed by atoms with Crippen molar-refractivity contribution in [3.8, 4) is 11.4 Å². The molecule has 0 spiro atoms. The molecule has 0 fully saturated rings. The highest BCUT2D eigenvalue weighted by molar-refractivity contribution is 5.53. The molecule has 0 aliphatic carbocycles. The molecule has 0 saturated carbocycles. The molecule has 19 heavy (non-hydrogen) atoms. The molecule has 0 atom stereocenters. The summed E-state index contributed by atoms with van der Waals surface area (Å²) in [5.41, 5.74) is 5.76. The summed E-state index contributed by atoms with van der Waals surface area (Å²) in [5.74, 6) is -3.75. The number of hydrogen-bond acceptors (Lipinski definition) is 4. The van der Waals surface area contributed by atoms with Gasteiger partial charge in [-0.25, -0.2) is 18.7 Å². The number of aromatic nitrogens is 4. The van der Waals surface area contributed by atoms with E-state index in [1.165, 1.54) is 18.5 Å². The van der Waals surface area contributed by atoms with Gasteiger partial charge in [0.2, 0.25) is 0 Å². The fraction of sp³-hybridized carbons (Fsp3) is 0.300. The summed E-state index contributed by atoms with van der Waals surface area (Å²) >= 11 is 0. The summed E-state index contributed by atoms with van der Waals surface area (Å²) < 4.78 is 50.5. The van der Waals surface area contributed by atoms with E-state index in [0.717, 1.165) is 6.20 Å². The third kappa shape index (κ3) is 2.98. The Kier molecular flexibility index (Phi) is 3.36. The molecule has 0 aliphatic rings. The summed E-state index contributed by atoms with van der Waals surface area (Å²) in [6.07, 6.45) is 0.00761. The zero-order valence-electron chi connectivity index (χ0n) is 9.47. The van der Waals surface area contributed by atoms with Crippen LogP contribution in [0.25, 0.3) is 11.4 Å². The number of nitrogens with two attached hydrogens (primary N) is 1. The van der Waals surface area contributed by atoms with Crippen molar-refractivity contribution in [2.45, 2.75) is 18.9 Å². The Morgan fingerprint density at radius 3 is 2.74 bits per heavy atom. The van der Waals surface area contributed by atoms with Crippen LogP contribution in [0.3, 0.4) is 0 Å². The van der Waals surface area contributed by atoms with Crippen LogP contribution in [-0.2, 0) is 6.54 Å². The van der Waals surface area contributed by atoms with Crippen LogP contribution in [-0.4, -0.2) is 32.1 Å². The van der Waals surface area contributed by atoms with Crippen LogP contribution >= 0.6 is 0 Å². The highest BCUT2D eigenvalue weighted by Crippen LogP contribution is 2.25. The van der Waals surface area contributed by atoms with E-state index in [1.807, 2.05) is 0 Å². The average Bonchev–Trinajstić information content (AvgIpc) is 2.76. The quantitative estimate of drug-likeness (QED) is 0.864. The average molecular weight is 275 g/mol. The molecular weight excluding hydrogens is 266 g/mol. The van der Waals surface area contributed by atoms with Gasteiger partial charge < -0.3 is 5.73 Å². The lowest BCUT2D eigenvalue weighted by Crippen LogP contribution is -2.32. The molecule has 0 unspecified atom stereocenters. The van der Waals surface area contributed by atoms with Gasteiger partial charge in [-0.05, 0) is 6.07 Å². The first-order chi connectivity index (χ1) is 8.88. The molecule has 0 aromatic carbocycles. The number of alkyl halides is 4. The normalized spacial score (nSPS) is 12.1. The smallest absolute Gasteiger partial charge is 0.326 e. The van der Waals surface area contributed by atoms with Gasteiger partial charge in [0.25, 0.3) is 0 Å². The zero-order valence-corrected chi connectivity index (χ0v) is 9.47. The minimum Gasteiger partial charge on any atom is -0.384 e. The second-order valence-electron chi connectivity index (χ2n) is 3.79. The van der Waals surface area contributed by atoms with Crippen molar-refractivity contribution >= 4 is 5.82 Å². The Bertz CT molecular complexity index is 569. The fourth-order valence-corrected chi connectivity index (χ4v) is 1.36. The number of hydrogen-bond donors (Lipinski definition) is 1. The SMILES string of the molecule is Nc1ccnc(-c2cnn(CC(F)(F)C(F)F)c2)n1. The van der Waals surface area contributed by atoms with E-state index in [4.69, 9.17) is 5.73 Å². The van der Waals surface area contributed by atoms with Gasteiger partial charge in [0.05, 0.1) is 11.8 Å². The molecule has 2 heterocycles. The highest BCUT2D eigenvalue weighted by atomic mass is 19.3. The van der Waals surface area contributed by atoms with Gasteiger partial charge in [-0.15, -0.1) is 0 Å². The Labute approximate surface area is 105 Å². The summed E-state index contributed by atoms with van der Waals surface area (Å²) in [7, 11) is 0. The van der Waals surface area contributed by atoms with Gasteiger partial charge in [-0.2, -0.15) is 13.9 Å². The number of rotatable bonds is 4. The van der Waals surface area contributed by atoms with Crippen LogP contribution in [0.4, 0.5) is 23.4 Å². The van der Waals surface area contributed by atoms with E-state index < -0.39 is 18.9 Å². The summed E-state index contributed by atoms with van der Waals surface area (Å²) in [5, 5.41) is 3.57. The maximum Gasteiger partial charge on any atom is 0.326 e. The molecule has 5 nitrogen and oxygen atoms in total. The maximum atomic E-state index is 12.8. The van der Waals surface area contributed by atoms with Gasteiger partial charge in [-0.1, -0.05) is 0 Å². The molecule has 2 N–H and O–H groups in total. The largest absolute Gasteiger partial charge is 0.384 e. The van der Waals surface area contributed by atoms with Gasteiger partial charge in [0.15, 0.2) is 5.82 Å². The number of nitrogens with zero attached hydrogens (tertiary/aromatic N) is 4. The lowest BCUT2D eigenvalue weighted by atomic mass is 10.3. The predicted molar refractivity (Wildman–Crippen MR) is 58.6 cm³/mol. The van der Waals surface area contributed by atoms with Crippen molar-refractivity contribution in [2.75, 3.05) is 5.73 Å². The van der Waals surface area contributed by atoms with E-state index in [9.17, 15) is 17.6 Å². The Morgan fingerprint density at radius 2 is 2.11 bits per heavy atom. The monoisotopic (exact) mass is 275 g/mol. The zero-order chi connectivity index (χ0) is 14.0. The number of halogens is 4. The van der Waals surface area contributed by atoms with Gasteiger partial charge >= 0.3 is 12.3 Å². The molecule has 102 valence electrons. The first kappa shape index (κ1) is 13.2. The first-order valence-electron chi connectivity index (χ1n) is 5.16. The van der Waals surface area contributed by atoms with Crippen molar-refractivity contribution in [3.05, 3.63) is 24.7 Å². The molecule has 9 heteroatoms. The van der Waals surface area contributed by atoms with Crippen LogP contribution in [0.2, 0.25) is 0 Å². The molecule has 2 aromatic heterocycles. The van der Waals surface area contributed by atoms with Crippen molar-refractivity contribution < 1.29 is 17.6 Å². The predicted octanol–water partition coefficient (Wildman–Crippen LogP) is 1.82. The van der Waals surface area contributed by atoms with E-state index in [0.29, 0.717) is 10.2 Å². The minimum atomic E-state index is -4.14. The summed E-state index contributed by atoms with van der Waals surface area (Å²) in [6.45, 7) is -1.22. The lowest BCUT2D eigenvalue weighted by Gasteiger charge is -2.14. The van der Waals surface area contributed by atoms with Crippen molar-refractivity contribution in [2.24, 2.45) is 0 Å². The topological polar surface area (TPSA) is 69.6 Å². The van der Waals surface area contributed by atoms with Crippen LogP contribution < -0.4 is 5.73 Å². The molecule has 0 saturated heterocycles. The number of nitrogen functional groups attached to an aromatic ring is 1. The summed E-state index contributed by atoms with van der Waals surface area (Å²) in [4.78, 5) is 7.74. The van der Waals surface area contributed by atoms with E-state index in [-0.39, 0.29) is 11.6 Å². The first-order valence-corrected chi connectivity index (χ1v) is 5.16. The van der Waals surface area contributed by atoms with E-state index >= 15 is 0 Å². The van der Waals surface area contributed by atoms with Crippen LogP contribution in [0.1, 0.15) is 0 Å². The molecule has 0 aliphatic heterocycles. The maximum absolute atomic E-state index is 12.8.